The van der Waals surface area contributed by atoms with Gasteiger partial charge in [-0.2, -0.15) is 0 Å². The van der Waals surface area contributed by atoms with Gasteiger partial charge in [0.2, 0.25) is 0 Å². The van der Waals surface area contributed by atoms with Crippen molar-refractivity contribution in [1.82, 2.24) is 4.98 Å². The molecule has 3 rings (SSSR count). The predicted octanol–water partition coefficient (Wildman–Crippen LogP) is 2.54. The first-order valence-corrected chi connectivity index (χ1v) is 6.56. The van der Waals surface area contributed by atoms with Crippen LogP contribution in [0.3, 0.4) is 0 Å². The van der Waals surface area contributed by atoms with Gasteiger partial charge in [0.1, 0.15) is 0 Å². The fourth-order valence-electron chi connectivity index (χ4n) is 2.74. The number of anilines is 1. The first-order valence-electron chi connectivity index (χ1n) is 6.56. The number of nitrogens with zero attached hydrogens (tertiary/aromatic N) is 2. The molecule has 1 fully saturated rings. The Hall–Kier alpha value is -2.10. The summed E-state index contributed by atoms with van der Waals surface area (Å²) in [4.78, 5) is 17.4. The molecule has 0 unspecified atom stereocenters. The van der Waals surface area contributed by atoms with Crippen LogP contribution in [0.1, 0.15) is 12.8 Å². The van der Waals surface area contributed by atoms with Crippen molar-refractivity contribution in [2.45, 2.75) is 12.8 Å². The van der Waals surface area contributed by atoms with Crippen molar-refractivity contribution in [2.24, 2.45) is 5.92 Å². The van der Waals surface area contributed by atoms with E-state index in [1.807, 2.05) is 18.3 Å². The molecule has 0 spiro atoms. The van der Waals surface area contributed by atoms with Crippen LogP contribution in [0, 0.1) is 5.92 Å². The maximum atomic E-state index is 11.0. The summed E-state index contributed by atoms with van der Waals surface area (Å²) in [5.74, 6) is -0.858. The molecule has 1 aliphatic heterocycles. The molecule has 4 heteroatoms. The molecule has 2 heterocycles. The SMILES string of the molecule is O=C(O)C1CCN(c2cccc3ccncc23)CC1. The molecule has 1 aromatic heterocycles. The Bertz CT molecular complexity index is 599. The first-order chi connectivity index (χ1) is 9.25. The number of carboxylic acid groups (broad SMARTS) is 1. The number of hydrogen-bond acceptors (Lipinski definition) is 3. The molecule has 4 nitrogen and oxygen atoms in total. The summed E-state index contributed by atoms with van der Waals surface area (Å²) >= 11 is 0. The van der Waals surface area contributed by atoms with Gasteiger partial charge in [-0.1, -0.05) is 12.1 Å². The molecule has 98 valence electrons. The summed E-state index contributed by atoms with van der Waals surface area (Å²) in [6.07, 6.45) is 5.11. The number of aliphatic carboxylic acids is 1. The summed E-state index contributed by atoms with van der Waals surface area (Å²) in [5, 5.41) is 11.4. The van der Waals surface area contributed by atoms with Gasteiger partial charge in [-0.25, -0.2) is 0 Å². The average molecular weight is 256 g/mol. The molecule has 0 aliphatic carbocycles. The highest BCUT2D eigenvalue weighted by atomic mass is 16.4. The molecule has 19 heavy (non-hydrogen) atoms. The van der Waals surface area contributed by atoms with Crippen LogP contribution in [0.15, 0.2) is 36.7 Å². The third-order valence-electron chi connectivity index (χ3n) is 3.85. The van der Waals surface area contributed by atoms with Crippen LogP contribution in [0.4, 0.5) is 5.69 Å². The van der Waals surface area contributed by atoms with Gasteiger partial charge in [-0.15, -0.1) is 0 Å². The van der Waals surface area contributed by atoms with Crippen molar-refractivity contribution in [3.05, 3.63) is 36.7 Å². The van der Waals surface area contributed by atoms with E-state index in [1.165, 1.54) is 5.39 Å². The Kier molecular flexibility index (Phi) is 3.07. The number of carboxylic acids is 1. The lowest BCUT2D eigenvalue weighted by molar-refractivity contribution is -0.142. The van der Waals surface area contributed by atoms with E-state index >= 15 is 0 Å². The van der Waals surface area contributed by atoms with Gasteiger partial charge in [-0.3, -0.25) is 9.78 Å². The van der Waals surface area contributed by atoms with Crippen LogP contribution in [-0.2, 0) is 4.79 Å². The monoisotopic (exact) mass is 256 g/mol. The maximum absolute atomic E-state index is 11.0. The van der Waals surface area contributed by atoms with Gasteiger partial charge in [0, 0.05) is 36.6 Å². The lowest BCUT2D eigenvalue weighted by Gasteiger charge is -2.32. The molecule has 1 saturated heterocycles. The fourth-order valence-corrected chi connectivity index (χ4v) is 2.74. The number of aromatic nitrogens is 1. The van der Waals surface area contributed by atoms with Crippen molar-refractivity contribution in [3.8, 4) is 0 Å². The highest BCUT2D eigenvalue weighted by Gasteiger charge is 2.25. The van der Waals surface area contributed by atoms with Gasteiger partial charge in [-0.05, 0) is 30.4 Å². The summed E-state index contributed by atoms with van der Waals surface area (Å²) in [6, 6.07) is 8.21. The van der Waals surface area contributed by atoms with Gasteiger partial charge < -0.3 is 10.0 Å². The second kappa shape index (κ2) is 4.88. The predicted molar refractivity (Wildman–Crippen MR) is 74.3 cm³/mol. The number of hydrogen-bond donors (Lipinski definition) is 1. The number of benzene rings is 1. The molecular formula is C15H16N2O2. The second-order valence-corrected chi connectivity index (χ2v) is 4.97. The van der Waals surface area contributed by atoms with Gasteiger partial charge in [0.15, 0.2) is 0 Å². The van der Waals surface area contributed by atoms with Crippen molar-refractivity contribution in [3.63, 3.8) is 0 Å². The maximum Gasteiger partial charge on any atom is 0.306 e. The van der Waals surface area contributed by atoms with E-state index in [1.54, 1.807) is 6.20 Å². The molecule has 0 saturated carbocycles. The van der Waals surface area contributed by atoms with Crippen LogP contribution < -0.4 is 4.90 Å². The Morgan fingerprint density at radius 3 is 2.79 bits per heavy atom. The van der Waals surface area contributed by atoms with Crippen molar-refractivity contribution in [2.75, 3.05) is 18.0 Å². The van der Waals surface area contributed by atoms with E-state index in [0.29, 0.717) is 12.8 Å². The third kappa shape index (κ3) is 2.26. The highest BCUT2D eigenvalue weighted by Crippen LogP contribution is 2.29. The lowest BCUT2D eigenvalue weighted by Crippen LogP contribution is -2.36. The lowest BCUT2D eigenvalue weighted by atomic mass is 9.96. The topological polar surface area (TPSA) is 53.4 Å². The molecule has 0 radical (unpaired) electrons. The fraction of sp³-hybridized carbons (Fsp3) is 0.333. The zero-order chi connectivity index (χ0) is 13.2. The summed E-state index contributed by atoms with van der Waals surface area (Å²) in [6.45, 7) is 1.59. The quantitative estimate of drug-likeness (QED) is 0.897. The Morgan fingerprint density at radius 2 is 2.05 bits per heavy atom. The number of carbonyl (C=O) groups is 1. The zero-order valence-corrected chi connectivity index (χ0v) is 10.6. The average Bonchev–Trinajstić information content (AvgIpc) is 2.47. The summed E-state index contributed by atoms with van der Waals surface area (Å²) in [7, 11) is 0. The molecule has 0 atom stereocenters. The van der Waals surface area contributed by atoms with Gasteiger partial charge >= 0.3 is 5.97 Å². The van der Waals surface area contributed by atoms with Crippen LogP contribution in [0.25, 0.3) is 10.8 Å². The molecule has 1 aliphatic rings. The first kappa shape index (κ1) is 12.0. The van der Waals surface area contributed by atoms with Crippen LogP contribution in [-0.4, -0.2) is 29.1 Å². The Balaban J connectivity index is 1.88. The van der Waals surface area contributed by atoms with Gasteiger partial charge in [0.25, 0.3) is 0 Å². The number of rotatable bonds is 2. The van der Waals surface area contributed by atoms with E-state index in [2.05, 4.69) is 22.0 Å². The Labute approximate surface area is 111 Å². The van der Waals surface area contributed by atoms with Crippen molar-refractivity contribution < 1.29 is 9.90 Å². The standard InChI is InChI=1S/C15H16N2O2/c18-15(19)12-5-8-17(9-6-12)14-3-1-2-11-4-7-16-10-13(11)14/h1-4,7,10,12H,5-6,8-9H2,(H,18,19). The van der Waals surface area contributed by atoms with E-state index in [0.717, 1.165) is 24.2 Å². The number of pyridine rings is 1. The van der Waals surface area contributed by atoms with Crippen LogP contribution >= 0.6 is 0 Å². The minimum atomic E-state index is -0.667. The van der Waals surface area contributed by atoms with Crippen molar-refractivity contribution in [1.29, 1.82) is 0 Å². The van der Waals surface area contributed by atoms with Crippen LogP contribution in [0.5, 0.6) is 0 Å². The minimum absolute atomic E-state index is 0.190. The molecule has 1 aromatic carbocycles. The Morgan fingerprint density at radius 1 is 1.26 bits per heavy atom. The normalized spacial score (nSPS) is 16.7. The van der Waals surface area contributed by atoms with E-state index in [-0.39, 0.29) is 5.92 Å². The zero-order valence-electron chi connectivity index (χ0n) is 10.6. The van der Waals surface area contributed by atoms with E-state index < -0.39 is 5.97 Å². The molecule has 0 bridgehead atoms. The highest BCUT2D eigenvalue weighted by molar-refractivity contribution is 5.93. The smallest absolute Gasteiger partial charge is 0.306 e. The molecular weight excluding hydrogens is 240 g/mol. The third-order valence-corrected chi connectivity index (χ3v) is 3.85. The molecule has 2 aromatic rings. The van der Waals surface area contributed by atoms with Gasteiger partial charge in [0.05, 0.1) is 5.92 Å². The molecule has 1 N–H and O–H groups in total. The van der Waals surface area contributed by atoms with Crippen LogP contribution in [0.2, 0.25) is 0 Å². The van der Waals surface area contributed by atoms with E-state index in [9.17, 15) is 4.79 Å². The summed E-state index contributed by atoms with van der Waals surface area (Å²) < 4.78 is 0. The largest absolute Gasteiger partial charge is 0.481 e. The second-order valence-electron chi connectivity index (χ2n) is 4.97. The molecule has 0 amide bonds. The number of piperidine rings is 1. The van der Waals surface area contributed by atoms with E-state index in [4.69, 9.17) is 5.11 Å². The van der Waals surface area contributed by atoms with Crippen molar-refractivity contribution >= 4 is 22.4 Å². The summed E-state index contributed by atoms with van der Waals surface area (Å²) in [5.41, 5.74) is 1.16. The minimum Gasteiger partial charge on any atom is -0.481 e. The number of fused-ring (bicyclic) bond motifs is 1.